The van der Waals surface area contributed by atoms with Crippen LogP contribution in [-0.4, -0.2) is 19.0 Å². The lowest BCUT2D eigenvalue weighted by Gasteiger charge is -2.18. The highest BCUT2D eigenvalue weighted by atomic mass is 16.2. The summed E-state index contributed by atoms with van der Waals surface area (Å²) in [5, 5.41) is 2.92. The standard InChI is InChI=1S/C18H20N2O/c19-11-12-20-17(21)16-13-18(16,14-7-3-1-4-8-14)15-9-5-2-6-10-15/h1-10,16H,11-13,19H2,(H,20,21). The Morgan fingerprint density at radius 2 is 1.57 bits per heavy atom. The number of hydrogen-bond donors (Lipinski definition) is 2. The van der Waals surface area contributed by atoms with Crippen LogP contribution in [0.15, 0.2) is 60.7 Å². The van der Waals surface area contributed by atoms with Crippen LogP contribution < -0.4 is 11.1 Å². The van der Waals surface area contributed by atoms with Gasteiger partial charge in [-0.15, -0.1) is 0 Å². The maximum atomic E-state index is 12.4. The van der Waals surface area contributed by atoms with E-state index in [2.05, 4.69) is 29.6 Å². The van der Waals surface area contributed by atoms with Crippen LogP contribution in [0.25, 0.3) is 0 Å². The highest BCUT2D eigenvalue weighted by molar-refractivity contribution is 5.86. The summed E-state index contributed by atoms with van der Waals surface area (Å²) in [6.07, 6.45) is 0.859. The van der Waals surface area contributed by atoms with Gasteiger partial charge in [0.05, 0.1) is 5.92 Å². The molecular formula is C18H20N2O. The number of hydrogen-bond acceptors (Lipinski definition) is 2. The van der Waals surface area contributed by atoms with Crippen LogP contribution in [0.2, 0.25) is 0 Å². The second-order valence-electron chi connectivity index (χ2n) is 5.54. The molecule has 1 unspecified atom stereocenters. The molecule has 3 heteroatoms. The lowest BCUT2D eigenvalue weighted by atomic mass is 9.85. The van der Waals surface area contributed by atoms with E-state index in [1.165, 1.54) is 11.1 Å². The molecule has 1 saturated carbocycles. The molecular weight excluding hydrogens is 260 g/mol. The van der Waals surface area contributed by atoms with Gasteiger partial charge in [0.15, 0.2) is 0 Å². The fraction of sp³-hybridized carbons (Fsp3) is 0.278. The molecule has 1 fully saturated rings. The van der Waals surface area contributed by atoms with Gasteiger partial charge in [-0.2, -0.15) is 0 Å². The second kappa shape index (κ2) is 5.70. The SMILES string of the molecule is NCCNC(=O)C1CC1(c1ccccc1)c1ccccc1. The average Bonchev–Trinajstić information content (AvgIpc) is 3.31. The van der Waals surface area contributed by atoms with Gasteiger partial charge >= 0.3 is 0 Å². The highest BCUT2D eigenvalue weighted by Crippen LogP contribution is 2.58. The monoisotopic (exact) mass is 280 g/mol. The maximum Gasteiger partial charge on any atom is 0.224 e. The lowest BCUT2D eigenvalue weighted by molar-refractivity contribution is -0.122. The Balaban J connectivity index is 1.94. The zero-order valence-electron chi connectivity index (χ0n) is 12.0. The zero-order chi connectivity index (χ0) is 14.7. The van der Waals surface area contributed by atoms with Crippen molar-refractivity contribution in [1.29, 1.82) is 0 Å². The van der Waals surface area contributed by atoms with E-state index in [0.29, 0.717) is 13.1 Å². The molecule has 0 spiro atoms. The molecule has 21 heavy (non-hydrogen) atoms. The van der Waals surface area contributed by atoms with E-state index in [-0.39, 0.29) is 17.2 Å². The van der Waals surface area contributed by atoms with Crippen molar-refractivity contribution >= 4 is 5.91 Å². The van der Waals surface area contributed by atoms with Crippen molar-refractivity contribution < 1.29 is 4.79 Å². The zero-order valence-corrected chi connectivity index (χ0v) is 12.0. The molecule has 0 radical (unpaired) electrons. The third-order valence-corrected chi connectivity index (χ3v) is 4.30. The summed E-state index contributed by atoms with van der Waals surface area (Å²) >= 11 is 0. The van der Waals surface area contributed by atoms with Gasteiger partial charge in [-0.05, 0) is 17.5 Å². The molecule has 3 nitrogen and oxygen atoms in total. The summed E-state index contributed by atoms with van der Waals surface area (Å²) in [4.78, 5) is 12.4. The molecule has 108 valence electrons. The minimum absolute atomic E-state index is 0.00569. The molecule has 3 N–H and O–H groups in total. The molecule has 0 aromatic heterocycles. The first-order valence-corrected chi connectivity index (χ1v) is 7.38. The number of benzene rings is 2. The van der Waals surface area contributed by atoms with Crippen LogP contribution in [0.1, 0.15) is 17.5 Å². The molecule has 0 saturated heterocycles. The summed E-state index contributed by atoms with van der Waals surface area (Å²) in [6.45, 7) is 1.01. The van der Waals surface area contributed by atoms with Gasteiger partial charge in [-0.3, -0.25) is 4.79 Å². The topological polar surface area (TPSA) is 55.1 Å². The predicted molar refractivity (Wildman–Crippen MR) is 83.8 cm³/mol. The number of nitrogens with one attached hydrogen (secondary N) is 1. The van der Waals surface area contributed by atoms with Crippen LogP contribution in [0.4, 0.5) is 0 Å². The van der Waals surface area contributed by atoms with Gasteiger partial charge in [-0.1, -0.05) is 60.7 Å². The smallest absolute Gasteiger partial charge is 0.224 e. The van der Waals surface area contributed by atoms with E-state index in [1.807, 2.05) is 36.4 Å². The number of rotatable bonds is 5. The Bertz CT molecular complexity index is 570. The van der Waals surface area contributed by atoms with E-state index in [4.69, 9.17) is 5.73 Å². The first kappa shape index (κ1) is 13.8. The quantitative estimate of drug-likeness (QED) is 0.881. The minimum Gasteiger partial charge on any atom is -0.355 e. The van der Waals surface area contributed by atoms with Gasteiger partial charge in [-0.25, -0.2) is 0 Å². The van der Waals surface area contributed by atoms with Crippen LogP contribution in [0.3, 0.4) is 0 Å². The van der Waals surface area contributed by atoms with Gasteiger partial charge in [0.25, 0.3) is 0 Å². The summed E-state index contributed by atoms with van der Waals surface area (Å²) in [5.74, 6) is 0.0991. The first-order valence-electron chi connectivity index (χ1n) is 7.38. The molecule has 0 aliphatic heterocycles. The molecule has 1 aliphatic rings. The summed E-state index contributed by atoms with van der Waals surface area (Å²) in [5.41, 5.74) is 7.72. The summed E-state index contributed by atoms with van der Waals surface area (Å²) < 4.78 is 0. The van der Waals surface area contributed by atoms with Crippen molar-refractivity contribution in [3.8, 4) is 0 Å². The second-order valence-corrected chi connectivity index (χ2v) is 5.54. The van der Waals surface area contributed by atoms with Gasteiger partial charge < -0.3 is 11.1 Å². The fourth-order valence-corrected chi connectivity index (χ4v) is 3.17. The molecule has 2 aromatic rings. The number of nitrogens with two attached hydrogens (primary N) is 1. The van der Waals surface area contributed by atoms with Gasteiger partial charge in [0.1, 0.15) is 0 Å². The molecule has 0 bridgehead atoms. The van der Waals surface area contributed by atoms with Crippen LogP contribution >= 0.6 is 0 Å². The maximum absolute atomic E-state index is 12.4. The lowest BCUT2D eigenvalue weighted by Crippen LogP contribution is -2.32. The predicted octanol–water partition coefficient (Wildman–Crippen LogP) is 2.07. The van der Waals surface area contributed by atoms with Crippen molar-refractivity contribution in [2.45, 2.75) is 11.8 Å². The Morgan fingerprint density at radius 3 is 2.05 bits per heavy atom. The normalized spacial score (nSPS) is 19.0. The Hall–Kier alpha value is -2.13. The fourth-order valence-electron chi connectivity index (χ4n) is 3.17. The third-order valence-electron chi connectivity index (χ3n) is 4.30. The van der Waals surface area contributed by atoms with Crippen molar-refractivity contribution in [3.63, 3.8) is 0 Å². The number of carbonyl (C=O) groups is 1. The Kier molecular flexibility index (Phi) is 3.76. The molecule has 3 rings (SSSR count). The largest absolute Gasteiger partial charge is 0.355 e. The van der Waals surface area contributed by atoms with Gasteiger partial charge in [0, 0.05) is 18.5 Å². The molecule has 1 aliphatic carbocycles. The van der Waals surface area contributed by atoms with E-state index in [1.54, 1.807) is 0 Å². The van der Waals surface area contributed by atoms with Crippen LogP contribution in [0.5, 0.6) is 0 Å². The van der Waals surface area contributed by atoms with E-state index >= 15 is 0 Å². The van der Waals surface area contributed by atoms with E-state index in [9.17, 15) is 4.79 Å². The Labute approximate surface area is 125 Å². The van der Waals surface area contributed by atoms with Crippen molar-refractivity contribution in [1.82, 2.24) is 5.32 Å². The third kappa shape index (κ3) is 2.45. The molecule has 2 aromatic carbocycles. The number of amides is 1. The van der Waals surface area contributed by atoms with E-state index < -0.39 is 0 Å². The molecule has 1 atom stereocenters. The van der Waals surface area contributed by atoms with Crippen LogP contribution in [-0.2, 0) is 10.2 Å². The average molecular weight is 280 g/mol. The molecule has 0 heterocycles. The highest BCUT2D eigenvalue weighted by Gasteiger charge is 2.59. The number of carbonyl (C=O) groups excluding carboxylic acids is 1. The van der Waals surface area contributed by atoms with Crippen molar-refractivity contribution in [2.24, 2.45) is 11.7 Å². The summed E-state index contributed by atoms with van der Waals surface area (Å²) in [7, 11) is 0. The van der Waals surface area contributed by atoms with Gasteiger partial charge in [0.2, 0.25) is 5.91 Å². The Morgan fingerprint density at radius 1 is 1.05 bits per heavy atom. The minimum atomic E-state index is -0.179. The van der Waals surface area contributed by atoms with Crippen LogP contribution in [0, 0.1) is 5.92 Å². The van der Waals surface area contributed by atoms with E-state index in [0.717, 1.165) is 6.42 Å². The summed E-state index contributed by atoms with van der Waals surface area (Å²) in [6, 6.07) is 20.6. The first-order chi connectivity index (χ1) is 10.3. The molecule has 1 amide bonds. The van der Waals surface area contributed by atoms with Crippen molar-refractivity contribution in [2.75, 3.05) is 13.1 Å². The van der Waals surface area contributed by atoms with Crippen molar-refractivity contribution in [3.05, 3.63) is 71.8 Å².